The number of amides is 1. The number of hydrogen-bond donors (Lipinski definition) is 1. The molecule has 3 rings (SSSR count). The molecule has 1 amide bonds. The summed E-state index contributed by atoms with van der Waals surface area (Å²) in [5.74, 6) is 0.644. The van der Waals surface area contributed by atoms with Crippen LogP contribution >= 0.6 is 15.9 Å². The normalized spacial score (nSPS) is 10.3. The molecule has 0 aliphatic heterocycles. The van der Waals surface area contributed by atoms with Crippen molar-refractivity contribution in [3.05, 3.63) is 88.1 Å². The number of halogens is 2. The van der Waals surface area contributed by atoms with Gasteiger partial charge in [-0.1, -0.05) is 18.2 Å². The van der Waals surface area contributed by atoms with Crippen molar-refractivity contribution in [1.29, 1.82) is 0 Å². The molecule has 138 valence electrons. The molecule has 0 radical (unpaired) electrons. The highest BCUT2D eigenvalue weighted by Crippen LogP contribution is 2.25. The molecule has 0 aliphatic rings. The van der Waals surface area contributed by atoms with Crippen molar-refractivity contribution >= 4 is 27.5 Å². The summed E-state index contributed by atoms with van der Waals surface area (Å²) in [7, 11) is 1.55. The van der Waals surface area contributed by atoms with Gasteiger partial charge in [-0.3, -0.25) is 4.79 Å². The summed E-state index contributed by atoms with van der Waals surface area (Å²) in [5.41, 5.74) is 1.92. The van der Waals surface area contributed by atoms with Crippen LogP contribution in [0.25, 0.3) is 0 Å². The number of nitrogens with one attached hydrogen (secondary N) is 1. The third-order valence-electron chi connectivity index (χ3n) is 3.83. The van der Waals surface area contributed by atoms with E-state index < -0.39 is 0 Å². The topological polar surface area (TPSA) is 47.6 Å². The van der Waals surface area contributed by atoms with Gasteiger partial charge < -0.3 is 14.8 Å². The fourth-order valence-electron chi connectivity index (χ4n) is 2.41. The van der Waals surface area contributed by atoms with Crippen molar-refractivity contribution < 1.29 is 18.7 Å². The number of carbonyl (C=O) groups excluding carboxylic acids is 1. The molecule has 0 aromatic heterocycles. The number of hydrogen-bond acceptors (Lipinski definition) is 3. The smallest absolute Gasteiger partial charge is 0.256 e. The SMILES string of the molecule is COc1ccc(Br)c(C(=O)Nc2cccc(OCc3ccc(F)cc3)c2)c1. The van der Waals surface area contributed by atoms with E-state index in [2.05, 4.69) is 21.2 Å². The lowest BCUT2D eigenvalue weighted by Gasteiger charge is -2.11. The summed E-state index contributed by atoms with van der Waals surface area (Å²) in [6, 6.07) is 18.4. The van der Waals surface area contributed by atoms with Crippen LogP contribution in [0.1, 0.15) is 15.9 Å². The minimum atomic E-state index is -0.285. The molecule has 0 aliphatic carbocycles. The molecule has 1 N–H and O–H groups in total. The van der Waals surface area contributed by atoms with E-state index in [1.165, 1.54) is 12.1 Å². The largest absolute Gasteiger partial charge is 0.497 e. The second kappa shape index (κ2) is 8.68. The van der Waals surface area contributed by atoms with Gasteiger partial charge in [0.2, 0.25) is 0 Å². The summed E-state index contributed by atoms with van der Waals surface area (Å²) >= 11 is 3.38. The lowest BCUT2D eigenvalue weighted by Crippen LogP contribution is -2.12. The predicted octanol–water partition coefficient (Wildman–Crippen LogP) is 5.43. The van der Waals surface area contributed by atoms with Crippen LogP contribution in [-0.2, 0) is 6.61 Å². The van der Waals surface area contributed by atoms with Gasteiger partial charge >= 0.3 is 0 Å². The van der Waals surface area contributed by atoms with Crippen LogP contribution in [0, 0.1) is 5.82 Å². The molecular formula is C21H17BrFNO3. The Kier molecular flexibility index (Phi) is 6.08. The van der Waals surface area contributed by atoms with E-state index in [1.807, 2.05) is 0 Å². The highest BCUT2D eigenvalue weighted by Gasteiger charge is 2.12. The van der Waals surface area contributed by atoms with Crippen LogP contribution in [-0.4, -0.2) is 13.0 Å². The van der Waals surface area contributed by atoms with Crippen molar-refractivity contribution in [3.8, 4) is 11.5 Å². The fourth-order valence-corrected chi connectivity index (χ4v) is 2.84. The van der Waals surface area contributed by atoms with E-state index in [0.29, 0.717) is 33.8 Å². The van der Waals surface area contributed by atoms with Gasteiger partial charge in [0.15, 0.2) is 0 Å². The quantitative estimate of drug-likeness (QED) is 0.568. The predicted molar refractivity (Wildman–Crippen MR) is 106 cm³/mol. The fraction of sp³-hybridized carbons (Fsp3) is 0.0952. The van der Waals surface area contributed by atoms with Crippen LogP contribution in [0.3, 0.4) is 0 Å². The number of methoxy groups -OCH3 is 1. The molecule has 0 atom stereocenters. The van der Waals surface area contributed by atoms with Crippen molar-refractivity contribution in [2.24, 2.45) is 0 Å². The molecule has 3 aromatic rings. The number of anilines is 1. The standard InChI is InChI=1S/C21H17BrFNO3/c1-26-17-9-10-20(22)19(12-17)21(25)24-16-3-2-4-18(11-16)27-13-14-5-7-15(23)8-6-14/h2-12H,13H2,1H3,(H,24,25). The van der Waals surface area contributed by atoms with Crippen molar-refractivity contribution in [3.63, 3.8) is 0 Å². The number of carbonyl (C=O) groups is 1. The number of benzene rings is 3. The Bertz CT molecular complexity index is 944. The maximum Gasteiger partial charge on any atom is 0.256 e. The zero-order valence-corrected chi connectivity index (χ0v) is 16.1. The minimum Gasteiger partial charge on any atom is -0.497 e. The van der Waals surface area contributed by atoms with Gasteiger partial charge in [0.1, 0.15) is 23.9 Å². The van der Waals surface area contributed by atoms with Gasteiger partial charge in [-0.25, -0.2) is 4.39 Å². The van der Waals surface area contributed by atoms with E-state index in [9.17, 15) is 9.18 Å². The third kappa shape index (κ3) is 5.08. The molecule has 0 saturated carbocycles. The summed E-state index contributed by atoms with van der Waals surface area (Å²) in [6.07, 6.45) is 0. The Balaban J connectivity index is 1.68. The van der Waals surface area contributed by atoms with Gasteiger partial charge in [0.05, 0.1) is 12.7 Å². The first-order chi connectivity index (χ1) is 13.0. The first-order valence-corrected chi connectivity index (χ1v) is 8.96. The first-order valence-electron chi connectivity index (χ1n) is 8.17. The Hall–Kier alpha value is -2.86. The van der Waals surface area contributed by atoms with E-state index in [1.54, 1.807) is 61.7 Å². The van der Waals surface area contributed by atoms with Gasteiger partial charge in [-0.2, -0.15) is 0 Å². The molecule has 6 heteroatoms. The Labute approximate surface area is 165 Å². The Morgan fingerprint density at radius 2 is 1.81 bits per heavy atom. The van der Waals surface area contributed by atoms with Gasteiger partial charge in [-0.05, 0) is 64.0 Å². The van der Waals surface area contributed by atoms with Crippen LogP contribution in [0.15, 0.2) is 71.2 Å². The maximum atomic E-state index is 12.9. The number of ether oxygens (including phenoxy) is 2. The highest BCUT2D eigenvalue weighted by atomic mass is 79.9. The maximum absolute atomic E-state index is 12.9. The van der Waals surface area contributed by atoms with Crippen molar-refractivity contribution in [2.45, 2.75) is 6.61 Å². The summed E-state index contributed by atoms with van der Waals surface area (Å²) < 4.78 is 24.5. The van der Waals surface area contributed by atoms with Crippen LogP contribution in [0.5, 0.6) is 11.5 Å². The lowest BCUT2D eigenvalue weighted by molar-refractivity contribution is 0.102. The zero-order chi connectivity index (χ0) is 19.2. The third-order valence-corrected chi connectivity index (χ3v) is 4.52. The first kappa shape index (κ1) is 18.9. The van der Waals surface area contributed by atoms with Gasteiger partial charge in [0.25, 0.3) is 5.91 Å². The van der Waals surface area contributed by atoms with Crippen LogP contribution in [0.4, 0.5) is 10.1 Å². The van der Waals surface area contributed by atoms with Crippen molar-refractivity contribution in [1.82, 2.24) is 0 Å². The number of rotatable bonds is 6. The Morgan fingerprint density at radius 1 is 1.04 bits per heavy atom. The van der Waals surface area contributed by atoms with Crippen molar-refractivity contribution in [2.75, 3.05) is 12.4 Å². The van der Waals surface area contributed by atoms with E-state index >= 15 is 0 Å². The molecule has 0 unspecified atom stereocenters. The highest BCUT2D eigenvalue weighted by molar-refractivity contribution is 9.10. The summed E-state index contributed by atoms with van der Waals surface area (Å²) in [5, 5.41) is 2.84. The Morgan fingerprint density at radius 3 is 2.56 bits per heavy atom. The molecule has 3 aromatic carbocycles. The lowest BCUT2D eigenvalue weighted by atomic mass is 10.2. The summed E-state index contributed by atoms with van der Waals surface area (Å²) in [4.78, 5) is 12.6. The molecule has 0 heterocycles. The van der Waals surface area contributed by atoms with Gasteiger partial charge in [-0.15, -0.1) is 0 Å². The second-order valence-corrected chi connectivity index (χ2v) is 6.60. The zero-order valence-electron chi connectivity index (χ0n) is 14.5. The molecular weight excluding hydrogens is 413 g/mol. The van der Waals surface area contributed by atoms with Crippen LogP contribution < -0.4 is 14.8 Å². The van der Waals surface area contributed by atoms with E-state index in [0.717, 1.165) is 5.56 Å². The van der Waals surface area contributed by atoms with E-state index in [4.69, 9.17) is 9.47 Å². The molecule has 0 spiro atoms. The van der Waals surface area contributed by atoms with E-state index in [-0.39, 0.29) is 11.7 Å². The molecule has 0 bridgehead atoms. The summed E-state index contributed by atoms with van der Waals surface area (Å²) in [6.45, 7) is 0.305. The monoisotopic (exact) mass is 429 g/mol. The average Bonchev–Trinajstić information content (AvgIpc) is 2.68. The van der Waals surface area contributed by atoms with Crippen LogP contribution in [0.2, 0.25) is 0 Å². The van der Waals surface area contributed by atoms with Gasteiger partial charge in [0, 0.05) is 16.2 Å². The minimum absolute atomic E-state index is 0.267. The molecule has 0 fully saturated rings. The average molecular weight is 430 g/mol. The molecule has 4 nitrogen and oxygen atoms in total. The molecule has 0 saturated heterocycles. The molecule has 27 heavy (non-hydrogen) atoms. The second-order valence-electron chi connectivity index (χ2n) is 5.74.